The first-order valence-corrected chi connectivity index (χ1v) is 10.7. The summed E-state index contributed by atoms with van der Waals surface area (Å²) < 4.78 is 8.32. The molecule has 156 valence electrons. The van der Waals surface area contributed by atoms with E-state index in [-0.39, 0.29) is 11.5 Å². The molecule has 7 nitrogen and oxygen atoms in total. The third-order valence-electron chi connectivity index (χ3n) is 4.29. The number of hydrogen-bond donors (Lipinski definition) is 1. The van der Waals surface area contributed by atoms with Crippen molar-refractivity contribution in [3.05, 3.63) is 67.1 Å². The van der Waals surface area contributed by atoms with Gasteiger partial charge in [0.1, 0.15) is 11.6 Å². The predicted molar refractivity (Wildman–Crippen MR) is 123 cm³/mol. The van der Waals surface area contributed by atoms with Crippen molar-refractivity contribution in [1.29, 1.82) is 0 Å². The summed E-state index contributed by atoms with van der Waals surface area (Å²) in [6.45, 7) is 5.30. The van der Waals surface area contributed by atoms with Crippen LogP contribution in [0.5, 0.6) is 5.75 Å². The van der Waals surface area contributed by atoms with E-state index in [4.69, 9.17) is 9.84 Å². The third-order valence-corrected chi connectivity index (χ3v) is 5.27. The van der Waals surface area contributed by atoms with Gasteiger partial charge in [-0.2, -0.15) is 9.78 Å². The van der Waals surface area contributed by atoms with Gasteiger partial charge in [0.05, 0.1) is 17.1 Å². The molecule has 0 fully saturated rings. The standard InChI is InChI=1S/C21H19Br2N3O4/c1-11(2)19-25-17-6-4-15(23)9-16(17)20(27)26(19)24-10-13-8-14(22)5-7-18(13)30-12(3)21(28)29/h4-12H,1-3H3,(H,28,29)/t12-/m1/s1. The Kier molecular flexibility index (Phi) is 6.72. The first-order chi connectivity index (χ1) is 14.2. The van der Waals surface area contributed by atoms with E-state index < -0.39 is 12.1 Å². The van der Waals surface area contributed by atoms with E-state index in [1.807, 2.05) is 19.9 Å². The molecule has 3 rings (SSSR count). The second-order valence-electron chi connectivity index (χ2n) is 6.93. The minimum absolute atomic E-state index is 0.0480. The highest BCUT2D eigenvalue weighted by atomic mass is 79.9. The summed E-state index contributed by atoms with van der Waals surface area (Å²) in [5.74, 6) is -0.272. The van der Waals surface area contributed by atoms with E-state index in [1.54, 1.807) is 30.3 Å². The maximum absolute atomic E-state index is 13.1. The Morgan fingerprint density at radius 3 is 2.50 bits per heavy atom. The van der Waals surface area contributed by atoms with Crippen molar-refractivity contribution in [2.75, 3.05) is 0 Å². The molecule has 1 atom stereocenters. The Labute approximate surface area is 189 Å². The number of fused-ring (bicyclic) bond motifs is 1. The Hall–Kier alpha value is -2.52. The number of ether oxygens (including phenoxy) is 1. The van der Waals surface area contributed by atoms with Crippen LogP contribution >= 0.6 is 31.9 Å². The highest BCUT2D eigenvalue weighted by molar-refractivity contribution is 9.10. The normalized spacial score (nSPS) is 12.6. The molecule has 0 aliphatic carbocycles. The molecule has 30 heavy (non-hydrogen) atoms. The second kappa shape index (κ2) is 9.09. The molecule has 1 N–H and O–H groups in total. The van der Waals surface area contributed by atoms with Gasteiger partial charge in [-0.3, -0.25) is 4.79 Å². The van der Waals surface area contributed by atoms with Crippen molar-refractivity contribution in [2.24, 2.45) is 5.10 Å². The topological polar surface area (TPSA) is 93.8 Å². The SMILES string of the molecule is CC(C)c1nc2ccc(Br)cc2c(=O)n1N=Cc1cc(Br)ccc1O[C@H](C)C(=O)O. The van der Waals surface area contributed by atoms with Crippen LogP contribution in [0.4, 0.5) is 0 Å². The number of hydrogen-bond acceptors (Lipinski definition) is 5. The maximum atomic E-state index is 13.1. The fourth-order valence-corrected chi connectivity index (χ4v) is 3.48. The smallest absolute Gasteiger partial charge is 0.344 e. The summed E-state index contributed by atoms with van der Waals surface area (Å²) in [7, 11) is 0. The molecule has 0 bridgehead atoms. The lowest BCUT2D eigenvalue weighted by Crippen LogP contribution is -2.24. The van der Waals surface area contributed by atoms with E-state index >= 15 is 0 Å². The number of halogens is 2. The average Bonchev–Trinajstić information content (AvgIpc) is 2.69. The van der Waals surface area contributed by atoms with Gasteiger partial charge in [-0.15, -0.1) is 0 Å². The van der Waals surface area contributed by atoms with Crippen LogP contribution < -0.4 is 10.3 Å². The van der Waals surface area contributed by atoms with Gasteiger partial charge in [0.25, 0.3) is 5.56 Å². The molecule has 0 radical (unpaired) electrons. The molecule has 1 aromatic heterocycles. The lowest BCUT2D eigenvalue weighted by molar-refractivity contribution is -0.144. The molecule has 0 spiro atoms. The van der Waals surface area contributed by atoms with E-state index in [0.29, 0.717) is 28.0 Å². The van der Waals surface area contributed by atoms with Crippen molar-refractivity contribution < 1.29 is 14.6 Å². The third kappa shape index (κ3) is 4.79. The van der Waals surface area contributed by atoms with Gasteiger partial charge >= 0.3 is 5.97 Å². The van der Waals surface area contributed by atoms with E-state index in [1.165, 1.54) is 17.8 Å². The second-order valence-corrected chi connectivity index (χ2v) is 8.76. The molecular formula is C21H19Br2N3O4. The van der Waals surface area contributed by atoms with Crippen LogP contribution in [0.15, 0.2) is 55.2 Å². The van der Waals surface area contributed by atoms with Crippen molar-refractivity contribution in [3.63, 3.8) is 0 Å². The zero-order chi connectivity index (χ0) is 22.0. The number of carbonyl (C=O) groups is 1. The van der Waals surface area contributed by atoms with Crippen LogP contribution in [0, 0.1) is 0 Å². The minimum atomic E-state index is -1.08. The average molecular weight is 537 g/mol. The number of aromatic nitrogens is 2. The predicted octanol–water partition coefficient (Wildman–Crippen LogP) is 4.78. The van der Waals surface area contributed by atoms with Gasteiger partial charge in [-0.25, -0.2) is 9.78 Å². The molecule has 2 aromatic carbocycles. The summed E-state index contributed by atoms with van der Waals surface area (Å²) in [6.07, 6.45) is 0.430. The van der Waals surface area contributed by atoms with Crippen molar-refractivity contribution in [2.45, 2.75) is 32.8 Å². The molecule has 0 saturated carbocycles. The molecule has 3 aromatic rings. The molecule has 1 heterocycles. The van der Waals surface area contributed by atoms with Crippen LogP contribution in [-0.2, 0) is 4.79 Å². The van der Waals surface area contributed by atoms with E-state index in [9.17, 15) is 9.59 Å². The number of benzene rings is 2. The van der Waals surface area contributed by atoms with Crippen molar-refractivity contribution >= 4 is 54.9 Å². The molecular weight excluding hydrogens is 518 g/mol. The first-order valence-electron chi connectivity index (χ1n) is 9.13. The number of aliphatic carboxylic acids is 1. The zero-order valence-electron chi connectivity index (χ0n) is 16.5. The minimum Gasteiger partial charge on any atom is -0.479 e. The Morgan fingerprint density at radius 1 is 1.17 bits per heavy atom. The summed E-state index contributed by atoms with van der Waals surface area (Å²) >= 11 is 6.77. The van der Waals surface area contributed by atoms with E-state index in [2.05, 4.69) is 41.9 Å². The largest absolute Gasteiger partial charge is 0.479 e. The number of carboxylic acid groups (broad SMARTS) is 1. The molecule has 0 saturated heterocycles. The van der Waals surface area contributed by atoms with Gasteiger partial charge in [-0.1, -0.05) is 45.7 Å². The summed E-state index contributed by atoms with van der Waals surface area (Å²) in [4.78, 5) is 28.9. The molecule has 0 aliphatic rings. The molecule has 0 aliphatic heterocycles. The first kappa shape index (κ1) is 22.2. The zero-order valence-corrected chi connectivity index (χ0v) is 19.6. The highest BCUT2D eigenvalue weighted by Gasteiger charge is 2.16. The van der Waals surface area contributed by atoms with Crippen LogP contribution in [0.25, 0.3) is 10.9 Å². The lowest BCUT2D eigenvalue weighted by Gasteiger charge is -2.14. The molecule has 0 unspecified atom stereocenters. The Balaban J connectivity index is 2.13. The quantitative estimate of drug-likeness (QED) is 0.457. The van der Waals surface area contributed by atoms with Gasteiger partial charge in [-0.05, 0) is 43.3 Å². The molecule has 9 heteroatoms. The van der Waals surface area contributed by atoms with Crippen LogP contribution in [-0.4, -0.2) is 33.1 Å². The van der Waals surface area contributed by atoms with Crippen LogP contribution in [0.1, 0.15) is 38.1 Å². The lowest BCUT2D eigenvalue weighted by atomic mass is 10.2. The highest BCUT2D eigenvalue weighted by Crippen LogP contribution is 2.24. The fraction of sp³-hybridized carbons (Fsp3) is 0.238. The van der Waals surface area contributed by atoms with Gasteiger partial charge in [0, 0.05) is 20.4 Å². The number of nitrogens with zero attached hydrogens (tertiary/aromatic N) is 3. The van der Waals surface area contributed by atoms with Gasteiger partial charge in [0.2, 0.25) is 0 Å². The maximum Gasteiger partial charge on any atom is 0.344 e. The number of carboxylic acids is 1. The van der Waals surface area contributed by atoms with Crippen molar-refractivity contribution in [1.82, 2.24) is 9.66 Å². The van der Waals surface area contributed by atoms with E-state index in [0.717, 1.165) is 8.95 Å². The number of rotatable bonds is 6. The summed E-state index contributed by atoms with van der Waals surface area (Å²) in [5, 5.41) is 14.0. The van der Waals surface area contributed by atoms with Gasteiger partial charge < -0.3 is 9.84 Å². The summed E-state index contributed by atoms with van der Waals surface area (Å²) in [6, 6.07) is 10.5. The van der Waals surface area contributed by atoms with Crippen LogP contribution in [0.2, 0.25) is 0 Å². The van der Waals surface area contributed by atoms with Crippen LogP contribution in [0.3, 0.4) is 0 Å². The Morgan fingerprint density at radius 2 is 1.83 bits per heavy atom. The fourth-order valence-electron chi connectivity index (χ4n) is 2.74. The Bertz CT molecular complexity index is 1200. The monoisotopic (exact) mass is 535 g/mol. The molecule has 0 amide bonds. The van der Waals surface area contributed by atoms with Crippen molar-refractivity contribution in [3.8, 4) is 5.75 Å². The summed E-state index contributed by atoms with van der Waals surface area (Å²) in [5.41, 5.74) is 0.825. The van der Waals surface area contributed by atoms with Gasteiger partial charge in [0.15, 0.2) is 6.10 Å².